The van der Waals surface area contributed by atoms with E-state index in [1.807, 2.05) is 29.6 Å². The van der Waals surface area contributed by atoms with E-state index in [4.69, 9.17) is 11.6 Å². The highest BCUT2D eigenvalue weighted by atomic mass is 35.5. The second-order valence-corrected chi connectivity index (χ2v) is 7.73. The lowest BCUT2D eigenvalue weighted by Crippen LogP contribution is -2.62. The van der Waals surface area contributed by atoms with Crippen LogP contribution in [0, 0.1) is 5.41 Å². The third-order valence-electron chi connectivity index (χ3n) is 4.36. The highest BCUT2D eigenvalue weighted by Crippen LogP contribution is 2.29. The number of thiazole rings is 1. The van der Waals surface area contributed by atoms with Crippen LogP contribution < -0.4 is 10.6 Å². The van der Waals surface area contributed by atoms with E-state index in [1.54, 1.807) is 11.3 Å². The Labute approximate surface area is 151 Å². The summed E-state index contributed by atoms with van der Waals surface area (Å²) >= 11 is 7.61. The Balaban J connectivity index is 1.60. The lowest BCUT2D eigenvalue weighted by molar-refractivity contribution is -0.134. The van der Waals surface area contributed by atoms with Gasteiger partial charge >= 0.3 is 0 Å². The highest BCUT2D eigenvalue weighted by molar-refractivity contribution is 7.09. The van der Waals surface area contributed by atoms with Gasteiger partial charge in [0.05, 0.1) is 22.7 Å². The standard InChI is InChI=1S/C18H22ClN3OS/c1-2-3-16-22-15(10-24-16)9-21-17(23)18(11-20-12-18)8-13-4-6-14(19)7-5-13/h4-7,10,20H,2-3,8-9,11-12H2,1H3,(H,21,23). The molecule has 1 amide bonds. The largest absolute Gasteiger partial charge is 0.350 e. The van der Waals surface area contributed by atoms with Gasteiger partial charge in [-0.2, -0.15) is 0 Å². The number of rotatable bonds is 7. The number of nitrogens with zero attached hydrogens (tertiary/aromatic N) is 1. The first-order valence-electron chi connectivity index (χ1n) is 8.28. The molecule has 0 bridgehead atoms. The lowest BCUT2D eigenvalue weighted by Gasteiger charge is -2.41. The number of nitrogens with one attached hydrogen (secondary N) is 2. The zero-order valence-corrected chi connectivity index (χ0v) is 15.3. The minimum Gasteiger partial charge on any atom is -0.350 e. The molecule has 0 spiro atoms. The SMILES string of the molecule is CCCc1nc(CNC(=O)C2(Cc3ccc(Cl)cc3)CNC2)cs1. The Morgan fingerprint density at radius 2 is 2.12 bits per heavy atom. The monoisotopic (exact) mass is 363 g/mol. The van der Waals surface area contributed by atoms with E-state index >= 15 is 0 Å². The smallest absolute Gasteiger partial charge is 0.229 e. The molecule has 1 aromatic heterocycles. The van der Waals surface area contributed by atoms with E-state index in [9.17, 15) is 4.79 Å². The van der Waals surface area contributed by atoms with E-state index in [0.717, 1.165) is 40.6 Å². The van der Waals surface area contributed by atoms with Crippen LogP contribution in [-0.2, 0) is 24.2 Å². The number of amides is 1. The maximum absolute atomic E-state index is 12.7. The average molecular weight is 364 g/mol. The quantitative estimate of drug-likeness (QED) is 0.794. The molecular weight excluding hydrogens is 342 g/mol. The molecular formula is C18H22ClN3OS. The van der Waals surface area contributed by atoms with Crippen molar-refractivity contribution >= 4 is 28.8 Å². The molecule has 2 aromatic rings. The number of hydrogen-bond acceptors (Lipinski definition) is 4. The summed E-state index contributed by atoms with van der Waals surface area (Å²) in [5, 5.41) is 10.2. The molecule has 3 rings (SSSR count). The summed E-state index contributed by atoms with van der Waals surface area (Å²) in [5.41, 5.74) is 1.72. The van der Waals surface area contributed by atoms with Crippen LogP contribution >= 0.6 is 22.9 Å². The summed E-state index contributed by atoms with van der Waals surface area (Å²) in [6.07, 6.45) is 2.82. The molecule has 0 radical (unpaired) electrons. The van der Waals surface area contributed by atoms with Crippen LogP contribution in [0.15, 0.2) is 29.6 Å². The molecule has 6 heteroatoms. The summed E-state index contributed by atoms with van der Waals surface area (Å²) in [5.74, 6) is 0.0984. The molecule has 0 atom stereocenters. The predicted molar refractivity (Wildman–Crippen MR) is 98.4 cm³/mol. The van der Waals surface area contributed by atoms with Crippen LogP contribution in [0.25, 0.3) is 0 Å². The van der Waals surface area contributed by atoms with E-state index in [1.165, 1.54) is 0 Å². The van der Waals surface area contributed by atoms with E-state index in [2.05, 4.69) is 22.5 Å². The van der Waals surface area contributed by atoms with Crippen LogP contribution in [0.2, 0.25) is 5.02 Å². The second kappa shape index (κ2) is 7.64. The maximum Gasteiger partial charge on any atom is 0.229 e. The van der Waals surface area contributed by atoms with Crippen molar-refractivity contribution in [3.8, 4) is 0 Å². The molecule has 0 unspecified atom stereocenters. The van der Waals surface area contributed by atoms with Gasteiger partial charge in [-0.3, -0.25) is 4.79 Å². The molecule has 1 saturated heterocycles. The number of aryl methyl sites for hydroxylation is 1. The zero-order valence-electron chi connectivity index (χ0n) is 13.8. The summed E-state index contributed by atoms with van der Waals surface area (Å²) in [6, 6.07) is 7.73. The van der Waals surface area contributed by atoms with E-state index in [-0.39, 0.29) is 11.3 Å². The van der Waals surface area contributed by atoms with Gasteiger partial charge in [0.25, 0.3) is 0 Å². The average Bonchev–Trinajstić information content (AvgIpc) is 2.98. The number of halogens is 1. The van der Waals surface area contributed by atoms with Gasteiger partial charge in [-0.1, -0.05) is 30.7 Å². The topological polar surface area (TPSA) is 54.0 Å². The van der Waals surface area contributed by atoms with Crippen LogP contribution in [0.1, 0.15) is 29.6 Å². The minimum absolute atomic E-state index is 0.0984. The van der Waals surface area contributed by atoms with Crippen molar-refractivity contribution in [1.82, 2.24) is 15.6 Å². The van der Waals surface area contributed by atoms with Gasteiger partial charge in [0.1, 0.15) is 0 Å². The third kappa shape index (κ3) is 3.97. The fraction of sp³-hybridized carbons (Fsp3) is 0.444. The second-order valence-electron chi connectivity index (χ2n) is 6.35. The lowest BCUT2D eigenvalue weighted by atomic mass is 9.75. The molecule has 1 aliphatic heterocycles. The van der Waals surface area contributed by atoms with Crippen molar-refractivity contribution in [1.29, 1.82) is 0 Å². The first-order valence-corrected chi connectivity index (χ1v) is 9.54. The molecule has 0 saturated carbocycles. The number of hydrogen-bond donors (Lipinski definition) is 2. The van der Waals surface area contributed by atoms with Gasteiger partial charge in [-0.25, -0.2) is 4.98 Å². The molecule has 4 nitrogen and oxygen atoms in total. The third-order valence-corrected chi connectivity index (χ3v) is 5.57. The van der Waals surface area contributed by atoms with Crippen LogP contribution in [0.4, 0.5) is 0 Å². The van der Waals surface area contributed by atoms with Crippen molar-refractivity contribution in [3.63, 3.8) is 0 Å². The Morgan fingerprint density at radius 3 is 2.75 bits per heavy atom. The first-order chi connectivity index (χ1) is 11.6. The van der Waals surface area contributed by atoms with Crippen LogP contribution in [0.5, 0.6) is 0 Å². The summed E-state index contributed by atoms with van der Waals surface area (Å²) in [6.45, 7) is 4.06. The van der Waals surface area contributed by atoms with Crippen molar-refractivity contribution < 1.29 is 4.79 Å². The van der Waals surface area contributed by atoms with Crippen molar-refractivity contribution in [2.24, 2.45) is 5.41 Å². The minimum atomic E-state index is -0.365. The normalized spacial score (nSPS) is 15.8. The maximum atomic E-state index is 12.7. The summed E-state index contributed by atoms with van der Waals surface area (Å²) in [4.78, 5) is 17.3. The number of carbonyl (C=O) groups is 1. The number of aromatic nitrogens is 1. The van der Waals surface area contributed by atoms with E-state index < -0.39 is 0 Å². The van der Waals surface area contributed by atoms with Crippen molar-refractivity contribution in [2.75, 3.05) is 13.1 Å². The Hall–Kier alpha value is -1.43. The molecule has 1 aromatic carbocycles. The van der Waals surface area contributed by atoms with Crippen LogP contribution in [0.3, 0.4) is 0 Å². The molecule has 1 fully saturated rings. The Bertz CT molecular complexity index is 695. The molecule has 24 heavy (non-hydrogen) atoms. The van der Waals surface area contributed by atoms with E-state index in [0.29, 0.717) is 19.6 Å². The molecule has 2 N–H and O–H groups in total. The van der Waals surface area contributed by atoms with Gasteiger partial charge in [0.15, 0.2) is 0 Å². The summed E-state index contributed by atoms with van der Waals surface area (Å²) in [7, 11) is 0. The molecule has 128 valence electrons. The summed E-state index contributed by atoms with van der Waals surface area (Å²) < 4.78 is 0. The number of carbonyl (C=O) groups excluding carboxylic acids is 1. The molecule has 1 aliphatic rings. The fourth-order valence-corrected chi connectivity index (χ4v) is 3.93. The fourth-order valence-electron chi connectivity index (χ4n) is 2.90. The predicted octanol–water partition coefficient (Wildman–Crippen LogP) is 3.20. The Kier molecular flexibility index (Phi) is 5.54. The Morgan fingerprint density at radius 1 is 1.38 bits per heavy atom. The van der Waals surface area contributed by atoms with Gasteiger partial charge < -0.3 is 10.6 Å². The van der Waals surface area contributed by atoms with Gasteiger partial charge in [0, 0.05) is 23.5 Å². The zero-order chi connectivity index (χ0) is 17.0. The van der Waals surface area contributed by atoms with Crippen LogP contribution in [-0.4, -0.2) is 24.0 Å². The van der Waals surface area contributed by atoms with Gasteiger partial charge in [-0.05, 0) is 37.0 Å². The molecule has 2 heterocycles. The highest BCUT2D eigenvalue weighted by Gasteiger charge is 2.44. The molecule has 0 aliphatic carbocycles. The van der Waals surface area contributed by atoms with Gasteiger partial charge in [0.2, 0.25) is 5.91 Å². The van der Waals surface area contributed by atoms with Crippen molar-refractivity contribution in [3.05, 3.63) is 50.9 Å². The number of benzene rings is 1. The van der Waals surface area contributed by atoms with Crippen molar-refractivity contribution in [2.45, 2.75) is 32.7 Å². The van der Waals surface area contributed by atoms with Gasteiger partial charge in [-0.15, -0.1) is 11.3 Å². The first kappa shape index (κ1) is 17.4.